The van der Waals surface area contributed by atoms with Gasteiger partial charge in [-0.2, -0.15) is 0 Å². The monoisotopic (exact) mass is 264 g/mol. The molecule has 0 radical (unpaired) electrons. The molecule has 1 aliphatic heterocycles. The SMILES string of the molecule is CCOC(=O)C(C)CNC(=O)C1CC(F)(F)CN1. The summed E-state index contributed by atoms with van der Waals surface area (Å²) < 4.78 is 30.5. The maximum atomic E-state index is 12.9. The Morgan fingerprint density at radius 2 is 2.22 bits per heavy atom. The van der Waals surface area contributed by atoms with Crippen LogP contribution in [0, 0.1) is 5.92 Å². The van der Waals surface area contributed by atoms with E-state index < -0.39 is 42.7 Å². The number of halogens is 2. The van der Waals surface area contributed by atoms with Crippen molar-refractivity contribution in [1.29, 1.82) is 0 Å². The van der Waals surface area contributed by atoms with Gasteiger partial charge in [0, 0.05) is 13.0 Å². The summed E-state index contributed by atoms with van der Waals surface area (Å²) in [5, 5.41) is 4.91. The molecule has 0 saturated carbocycles. The zero-order valence-electron chi connectivity index (χ0n) is 10.5. The van der Waals surface area contributed by atoms with E-state index in [0.717, 1.165) is 0 Å². The van der Waals surface area contributed by atoms with Crippen molar-refractivity contribution in [3.8, 4) is 0 Å². The Hall–Kier alpha value is -1.24. The van der Waals surface area contributed by atoms with Crippen LogP contribution in [0.15, 0.2) is 0 Å². The topological polar surface area (TPSA) is 67.4 Å². The molecule has 0 aromatic rings. The largest absolute Gasteiger partial charge is 0.466 e. The number of carbonyl (C=O) groups is 2. The summed E-state index contributed by atoms with van der Waals surface area (Å²) >= 11 is 0. The van der Waals surface area contributed by atoms with Crippen molar-refractivity contribution >= 4 is 11.9 Å². The first-order valence-corrected chi connectivity index (χ1v) is 5.91. The molecular weight excluding hydrogens is 246 g/mol. The lowest BCUT2D eigenvalue weighted by atomic mass is 10.1. The van der Waals surface area contributed by atoms with Gasteiger partial charge in [0.05, 0.1) is 25.1 Å². The molecule has 5 nitrogen and oxygen atoms in total. The number of rotatable bonds is 5. The molecule has 1 heterocycles. The first-order valence-electron chi connectivity index (χ1n) is 5.91. The van der Waals surface area contributed by atoms with Crippen LogP contribution in [0.2, 0.25) is 0 Å². The highest BCUT2D eigenvalue weighted by Gasteiger charge is 2.42. The predicted molar refractivity (Wildman–Crippen MR) is 60.2 cm³/mol. The highest BCUT2D eigenvalue weighted by molar-refractivity contribution is 5.83. The summed E-state index contributed by atoms with van der Waals surface area (Å²) in [4.78, 5) is 22.8. The summed E-state index contributed by atoms with van der Waals surface area (Å²) in [7, 11) is 0. The van der Waals surface area contributed by atoms with Crippen molar-refractivity contribution in [3.05, 3.63) is 0 Å². The van der Waals surface area contributed by atoms with Gasteiger partial charge in [-0.1, -0.05) is 6.92 Å². The van der Waals surface area contributed by atoms with E-state index in [9.17, 15) is 18.4 Å². The van der Waals surface area contributed by atoms with E-state index >= 15 is 0 Å². The Morgan fingerprint density at radius 3 is 2.72 bits per heavy atom. The van der Waals surface area contributed by atoms with Crippen molar-refractivity contribution in [2.75, 3.05) is 19.7 Å². The van der Waals surface area contributed by atoms with Gasteiger partial charge < -0.3 is 10.1 Å². The third-order valence-corrected chi connectivity index (χ3v) is 2.70. The van der Waals surface area contributed by atoms with Gasteiger partial charge in [-0.15, -0.1) is 0 Å². The van der Waals surface area contributed by atoms with Crippen LogP contribution >= 0.6 is 0 Å². The number of hydrogen-bond acceptors (Lipinski definition) is 4. The summed E-state index contributed by atoms with van der Waals surface area (Å²) in [6, 6.07) is -0.894. The summed E-state index contributed by atoms with van der Waals surface area (Å²) in [6.07, 6.45) is -0.507. The van der Waals surface area contributed by atoms with Crippen LogP contribution in [0.1, 0.15) is 20.3 Å². The minimum Gasteiger partial charge on any atom is -0.466 e. The summed E-state index contributed by atoms with van der Waals surface area (Å²) in [5.74, 6) is -4.25. The van der Waals surface area contributed by atoms with Crippen molar-refractivity contribution in [2.24, 2.45) is 5.92 Å². The molecule has 0 aromatic heterocycles. The quantitative estimate of drug-likeness (QED) is 0.701. The van der Waals surface area contributed by atoms with E-state index in [1.54, 1.807) is 13.8 Å². The van der Waals surface area contributed by atoms with Gasteiger partial charge in [0.25, 0.3) is 5.92 Å². The van der Waals surface area contributed by atoms with Gasteiger partial charge in [-0.25, -0.2) is 8.78 Å². The minimum atomic E-state index is -2.84. The van der Waals surface area contributed by atoms with E-state index in [2.05, 4.69) is 10.6 Å². The Morgan fingerprint density at radius 1 is 1.56 bits per heavy atom. The molecule has 104 valence electrons. The zero-order valence-corrected chi connectivity index (χ0v) is 10.5. The average Bonchev–Trinajstić information content (AvgIpc) is 2.66. The Kier molecular flexibility index (Phi) is 5.01. The van der Waals surface area contributed by atoms with E-state index in [4.69, 9.17) is 4.74 Å². The van der Waals surface area contributed by atoms with Gasteiger partial charge in [0.15, 0.2) is 0 Å². The number of amides is 1. The van der Waals surface area contributed by atoms with E-state index in [-0.39, 0.29) is 13.2 Å². The maximum Gasteiger partial charge on any atom is 0.310 e. The van der Waals surface area contributed by atoms with Crippen LogP contribution in [-0.4, -0.2) is 43.5 Å². The van der Waals surface area contributed by atoms with Crippen molar-refractivity contribution in [1.82, 2.24) is 10.6 Å². The lowest BCUT2D eigenvalue weighted by molar-refractivity contribution is -0.147. The van der Waals surface area contributed by atoms with Crippen molar-refractivity contribution in [2.45, 2.75) is 32.2 Å². The normalized spacial score (nSPS) is 23.4. The molecule has 0 bridgehead atoms. The Balaban J connectivity index is 2.31. The Bertz CT molecular complexity index is 323. The standard InChI is InChI=1S/C11H18F2N2O3/c1-3-18-10(17)7(2)5-14-9(16)8-4-11(12,13)6-15-8/h7-8,15H,3-6H2,1-2H3,(H,14,16). The number of alkyl halides is 2. The second kappa shape index (κ2) is 6.08. The van der Waals surface area contributed by atoms with Gasteiger partial charge in [-0.05, 0) is 6.92 Å². The molecule has 18 heavy (non-hydrogen) atoms. The third-order valence-electron chi connectivity index (χ3n) is 2.70. The molecular formula is C11H18F2N2O3. The highest BCUT2D eigenvalue weighted by Crippen LogP contribution is 2.24. The van der Waals surface area contributed by atoms with Crippen molar-refractivity contribution < 1.29 is 23.1 Å². The number of hydrogen-bond donors (Lipinski definition) is 2. The average molecular weight is 264 g/mol. The molecule has 1 aliphatic rings. The Labute approximate surface area is 104 Å². The molecule has 0 aromatic carbocycles. The van der Waals surface area contributed by atoms with Gasteiger partial charge in [0.1, 0.15) is 0 Å². The molecule has 1 amide bonds. The van der Waals surface area contributed by atoms with E-state index in [0.29, 0.717) is 0 Å². The lowest BCUT2D eigenvalue weighted by Gasteiger charge is -2.14. The first-order chi connectivity index (χ1) is 8.35. The number of ether oxygens (including phenoxy) is 1. The van der Waals surface area contributed by atoms with E-state index in [1.807, 2.05) is 0 Å². The smallest absolute Gasteiger partial charge is 0.310 e. The van der Waals surface area contributed by atoms with Crippen LogP contribution in [0.3, 0.4) is 0 Å². The summed E-state index contributed by atoms with van der Waals surface area (Å²) in [5.41, 5.74) is 0. The van der Waals surface area contributed by atoms with Crippen LogP contribution in [-0.2, 0) is 14.3 Å². The molecule has 7 heteroatoms. The van der Waals surface area contributed by atoms with Gasteiger partial charge >= 0.3 is 5.97 Å². The molecule has 0 spiro atoms. The fourth-order valence-electron chi connectivity index (χ4n) is 1.65. The van der Waals surface area contributed by atoms with Gasteiger partial charge in [-0.3, -0.25) is 14.9 Å². The van der Waals surface area contributed by atoms with Crippen molar-refractivity contribution in [3.63, 3.8) is 0 Å². The second-order valence-corrected chi connectivity index (χ2v) is 4.39. The minimum absolute atomic E-state index is 0.0847. The van der Waals surface area contributed by atoms with Crippen LogP contribution in [0.5, 0.6) is 0 Å². The van der Waals surface area contributed by atoms with Crippen LogP contribution in [0.25, 0.3) is 0 Å². The predicted octanol–water partition coefficient (Wildman–Crippen LogP) is 0.299. The van der Waals surface area contributed by atoms with E-state index in [1.165, 1.54) is 0 Å². The molecule has 0 aliphatic carbocycles. The second-order valence-electron chi connectivity index (χ2n) is 4.39. The molecule has 1 rings (SSSR count). The molecule has 1 fully saturated rings. The summed E-state index contributed by atoms with van der Waals surface area (Å²) in [6.45, 7) is 3.16. The fourth-order valence-corrected chi connectivity index (χ4v) is 1.65. The number of nitrogens with one attached hydrogen (secondary N) is 2. The molecule has 2 atom stereocenters. The number of esters is 1. The fraction of sp³-hybridized carbons (Fsp3) is 0.818. The molecule has 1 saturated heterocycles. The van der Waals surface area contributed by atoms with Crippen LogP contribution in [0.4, 0.5) is 8.78 Å². The zero-order chi connectivity index (χ0) is 13.8. The lowest BCUT2D eigenvalue weighted by Crippen LogP contribution is -2.43. The molecule has 2 N–H and O–H groups in total. The molecule has 2 unspecified atom stereocenters. The highest BCUT2D eigenvalue weighted by atomic mass is 19.3. The van der Waals surface area contributed by atoms with Crippen LogP contribution < -0.4 is 10.6 Å². The number of carbonyl (C=O) groups excluding carboxylic acids is 2. The van der Waals surface area contributed by atoms with Gasteiger partial charge in [0.2, 0.25) is 5.91 Å². The third kappa shape index (κ3) is 4.21. The first kappa shape index (κ1) is 14.8. The maximum absolute atomic E-state index is 12.9.